The first-order valence-electron chi connectivity index (χ1n) is 3.73. The zero-order valence-electron chi connectivity index (χ0n) is 8.18. The van der Waals surface area contributed by atoms with Crippen molar-refractivity contribution in [1.29, 1.82) is 0 Å². The molecule has 0 aromatic heterocycles. The van der Waals surface area contributed by atoms with Crippen molar-refractivity contribution < 1.29 is 8.85 Å². The van der Waals surface area contributed by atoms with E-state index in [1.807, 2.05) is 0 Å². The molecule has 70 valence electrons. The quantitative estimate of drug-likeness (QED) is 0.553. The van der Waals surface area contributed by atoms with E-state index >= 15 is 0 Å². The molecule has 0 bridgehead atoms. The van der Waals surface area contributed by atoms with Crippen LogP contribution in [0.4, 0.5) is 0 Å². The van der Waals surface area contributed by atoms with Crippen molar-refractivity contribution in [2.45, 2.75) is 25.9 Å². The molecule has 2 nitrogen and oxygen atoms in total. The van der Waals surface area contributed by atoms with E-state index in [2.05, 4.69) is 25.5 Å². The summed E-state index contributed by atoms with van der Waals surface area (Å²) >= 11 is 3.67. The molecule has 0 aromatic rings. The zero-order valence-corrected chi connectivity index (χ0v) is 12.1. The number of thiol groups is 1. The lowest BCUT2D eigenvalue weighted by atomic mass is 10.6. The highest BCUT2D eigenvalue weighted by Gasteiger charge is 2.26. The molecule has 0 unspecified atom stereocenters. The Morgan fingerprint density at radius 2 is 1.64 bits per heavy atom. The fraction of sp³-hybridized carbons (Fsp3) is 1.00. The first-order chi connectivity index (χ1) is 5.18. The molecule has 0 atom stereocenters. The lowest BCUT2D eigenvalue weighted by Crippen LogP contribution is -2.35. The topological polar surface area (TPSA) is 18.5 Å². The Bertz CT molecular complexity index is 79.0. The van der Waals surface area contributed by atoms with Gasteiger partial charge in [-0.05, 0) is 12.6 Å². The SMILES string of the molecule is CCC[Si](C)(OC)OC.[SiH3]S. The van der Waals surface area contributed by atoms with Crippen LogP contribution in [-0.4, -0.2) is 32.2 Å². The van der Waals surface area contributed by atoms with Gasteiger partial charge < -0.3 is 8.85 Å². The summed E-state index contributed by atoms with van der Waals surface area (Å²) in [6.45, 7) is 4.22. The van der Waals surface area contributed by atoms with Crippen molar-refractivity contribution >= 4 is 30.0 Å². The lowest BCUT2D eigenvalue weighted by Gasteiger charge is -2.21. The molecule has 0 aliphatic heterocycles. The molecule has 0 amide bonds. The summed E-state index contributed by atoms with van der Waals surface area (Å²) in [5.74, 6) is 0. The fourth-order valence-electron chi connectivity index (χ4n) is 0.742. The van der Waals surface area contributed by atoms with E-state index in [0.29, 0.717) is 0 Å². The molecular weight excluding hydrogens is 192 g/mol. The van der Waals surface area contributed by atoms with Gasteiger partial charge in [0.15, 0.2) is 0 Å². The largest absolute Gasteiger partial charge is 0.398 e. The summed E-state index contributed by atoms with van der Waals surface area (Å²) in [6.07, 6.45) is 1.14. The van der Waals surface area contributed by atoms with E-state index in [-0.39, 0.29) is 0 Å². The van der Waals surface area contributed by atoms with Crippen molar-refractivity contribution in [3.05, 3.63) is 0 Å². The van der Waals surface area contributed by atoms with E-state index in [0.717, 1.165) is 21.9 Å². The number of hydrogen-bond donors (Lipinski definition) is 1. The van der Waals surface area contributed by atoms with Crippen LogP contribution < -0.4 is 0 Å². The molecule has 0 N–H and O–H groups in total. The molecule has 11 heavy (non-hydrogen) atoms. The van der Waals surface area contributed by atoms with Gasteiger partial charge in [-0.15, -0.1) is 0 Å². The number of rotatable bonds is 4. The second kappa shape index (κ2) is 8.80. The third kappa shape index (κ3) is 7.08. The average molecular weight is 212 g/mol. The molecule has 0 spiro atoms. The molecule has 0 rings (SSSR count). The first kappa shape index (κ1) is 14.2. The van der Waals surface area contributed by atoms with Gasteiger partial charge in [0, 0.05) is 14.2 Å². The van der Waals surface area contributed by atoms with Gasteiger partial charge in [0.2, 0.25) is 0 Å². The van der Waals surface area contributed by atoms with Gasteiger partial charge in [0.1, 0.15) is 0 Å². The standard InChI is InChI=1S/C6H16O2Si.H4SSi/c1-5-6-9(4,7-2)8-3;1-2/h5-6H2,1-4H3;1H,2H3. The van der Waals surface area contributed by atoms with Crippen molar-refractivity contribution in [2.24, 2.45) is 0 Å². The normalized spacial score (nSPS) is 10.6. The van der Waals surface area contributed by atoms with Gasteiger partial charge in [-0.3, -0.25) is 0 Å². The number of hydrogen-bond acceptors (Lipinski definition) is 3. The minimum absolute atomic E-state index is 1.00. The van der Waals surface area contributed by atoms with E-state index in [9.17, 15) is 0 Å². The summed E-state index contributed by atoms with van der Waals surface area (Å²) in [5.41, 5.74) is 0. The Labute approximate surface area is 79.4 Å². The van der Waals surface area contributed by atoms with Gasteiger partial charge in [0.05, 0.1) is 9.39 Å². The Hall–Kier alpha value is 0.704. The molecule has 5 heteroatoms. The zero-order chi connectivity index (χ0) is 9.33. The van der Waals surface area contributed by atoms with Gasteiger partial charge >= 0.3 is 8.56 Å². The summed E-state index contributed by atoms with van der Waals surface area (Å²) in [5, 5.41) is 0. The highest BCUT2D eigenvalue weighted by Crippen LogP contribution is 2.12. The van der Waals surface area contributed by atoms with Crippen LogP contribution in [0.3, 0.4) is 0 Å². The Balaban J connectivity index is 0. The van der Waals surface area contributed by atoms with Gasteiger partial charge in [-0.25, -0.2) is 12.1 Å². The van der Waals surface area contributed by atoms with Crippen LogP contribution in [0, 0.1) is 0 Å². The third-order valence-electron chi connectivity index (χ3n) is 1.57. The monoisotopic (exact) mass is 212 g/mol. The van der Waals surface area contributed by atoms with Crippen molar-refractivity contribution in [1.82, 2.24) is 0 Å². The highest BCUT2D eigenvalue weighted by atomic mass is 32.3. The predicted molar refractivity (Wildman–Crippen MR) is 59.7 cm³/mol. The fourth-order valence-corrected chi connectivity index (χ4v) is 2.22. The first-order valence-corrected chi connectivity index (χ1v) is 9.83. The molecule has 0 saturated heterocycles. The second-order valence-electron chi connectivity index (χ2n) is 2.29. The molecule has 0 aromatic carbocycles. The van der Waals surface area contributed by atoms with Crippen molar-refractivity contribution in [2.75, 3.05) is 14.2 Å². The van der Waals surface area contributed by atoms with Crippen molar-refractivity contribution in [3.8, 4) is 0 Å². The van der Waals surface area contributed by atoms with Gasteiger partial charge in [0.25, 0.3) is 0 Å². The third-order valence-corrected chi connectivity index (χ3v) is 4.70. The summed E-state index contributed by atoms with van der Waals surface area (Å²) in [7, 11) is 2.76. The van der Waals surface area contributed by atoms with Crippen LogP contribution in [0.25, 0.3) is 0 Å². The van der Waals surface area contributed by atoms with Crippen LogP contribution in [0.5, 0.6) is 0 Å². The van der Waals surface area contributed by atoms with Crippen LogP contribution in [0.15, 0.2) is 0 Å². The molecule has 0 fully saturated rings. The Morgan fingerprint density at radius 3 is 1.73 bits per heavy atom. The lowest BCUT2D eigenvalue weighted by molar-refractivity contribution is 0.249. The van der Waals surface area contributed by atoms with Gasteiger partial charge in [-0.1, -0.05) is 13.3 Å². The van der Waals surface area contributed by atoms with E-state index in [4.69, 9.17) is 8.85 Å². The Kier molecular flexibility index (Phi) is 11.4. The maximum absolute atomic E-state index is 5.24. The van der Waals surface area contributed by atoms with Crippen LogP contribution in [0.2, 0.25) is 12.6 Å². The maximum Gasteiger partial charge on any atom is 0.334 e. The minimum Gasteiger partial charge on any atom is -0.398 e. The second-order valence-corrected chi connectivity index (χ2v) is 5.88. The smallest absolute Gasteiger partial charge is 0.334 e. The molecule has 0 radical (unpaired) electrons. The molecular formula is C6H20O2SSi2. The molecule has 0 heterocycles. The van der Waals surface area contributed by atoms with E-state index < -0.39 is 8.56 Å². The van der Waals surface area contributed by atoms with Crippen molar-refractivity contribution in [3.63, 3.8) is 0 Å². The molecule has 0 saturated carbocycles. The van der Waals surface area contributed by atoms with E-state index in [1.54, 1.807) is 14.2 Å². The predicted octanol–water partition coefficient (Wildman–Crippen LogP) is 0.958. The summed E-state index contributed by atoms with van der Waals surface area (Å²) in [6, 6.07) is 1.08. The maximum atomic E-state index is 5.24. The summed E-state index contributed by atoms with van der Waals surface area (Å²) < 4.78 is 10.5. The molecule has 0 aliphatic rings. The molecule has 0 aliphatic carbocycles. The summed E-state index contributed by atoms with van der Waals surface area (Å²) in [4.78, 5) is 0. The van der Waals surface area contributed by atoms with E-state index in [1.165, 1.54) is 0 Å². The average Bonchev–Trinajstić information content (AvgIpc) is 2.08. The minimum atomic E-state index is -1.70. The highest BCUT2D eigenvalue weighted by molar-refractivity contribution is 8.03. The van der Waals surface area contributed by atoms with Gasteiger partial charge in [-0.2, -0.15) is 0 Å². The Morgan fingerprint density at radius 1 is 1.27 bits per heavy atom. The van der Waals surface area contributed by atoms with Crippen LogP contribution >= 0.6 is 12.1 Å². The van der Waals surface area contributed by atoms with Crippen LogP contribution in [0.1, 0.15) is 13.3 Å². The van der Waals surface area contributed by atoms with Crippen LogP contribution in [-0.2, 0) is 8.85 Å².